The van der Waals surface area contributed by atoms with E-state index in [9.17, 15) is 29.1 Å². The minimum absolute atomic E-state index is 0.0200. The third kappa shape index (κ3) is 2.80. The number of phenols is 1. The van der Waals surface area contributed by atoms with E-state index in [1.165, 1.54) is 18.2 Å². The van der Waals surface area contributed by atoms with Crippen molar-refractivity contribution < 1.29 is 33.8 Å². The molecular weight excluding hydrogens is 380 g/mol. The number of likely N-dealkylation sites (tertiary alicyclic amines) is 1. The van der Waals surface area contributed by atoms with Crippen LogP contribution in [0.1, 0.15) is 60.7 Å². The highest BCUT2D eigenvalue weighted by atomic mass is 16.6. The number of imide groups is 4. The fraction of sp³-hybridized carbons (Fsp3) is 0.450. The standard InChI is InChI=1S/C20H20N2O7/c1-19(2,3)29-18(28)22-15(25)11(9-20(7-8-20)17(22)27)21-14(24)10-5-4-6-12(23)13(10)16(21)26/h4-6,11,23H,7-9H2,1-3H3. The molecule has 3 aliphatic rings. The molecule has 1 aliphatic carbocycles. The van der Waals surface area contributed by atoms with E-state index in [2.05, 4.69) is 0 Å². The maximum atomic E-state index is 13.1. The molecule has 1 saturated heterocycles. The number of rotatable bonds is 1. The van der Waals surface area contributed by atoms with Crippen molar-refractivity contribution in [3.8, 4) is 5.75 Å². The van der Waals surface area contributed by atoms with Crippen LogP contribution in [0.2, 0.25) is 0 Å². The number of nitrogens with zero attached hydrogens (tertiary/aromatic N) is 2. The van der Waals surface area contributed by atoms with E-state index in [0.717, 1.165) is 4.90 Å². The van der Waals surface area contributed by atoms with Gasteiger partial charge in [-0.1, -0.05) is 6.07 Å². The number of carbonyl (C=O) groups is 5. The summed E-state index contributed by atoms with van der Waals surface area (Å²) in [5.41, 5.74) is -2.11. The number of fused-ring (bicyclic) bond motifs is 1. The summed E-state index contributed by atoms with van der Waals surface area (Å²) in [5.74, 6) is -3.57. The summed E-state index contributed by atoms with van der Waals surface area (Å²) in [4.78, 5) is 65.4. The molecule has 4 rings (SSSR count). The lowest BCUT2D eigenvalue weighted by molar-refractivity contribution is -0.155. The van der Waals surface area contributed by atoms with Crippen LogP contribution in [0.5, 0.6) is 5.75 Å². The van der Waals surface area contributed by atoms with Crippen molar-refractivity contribution in [3.05, 3.63) is 29.3 Å². The number of benzene rings is 1. The van der Waals surface area contributed by atoms with Gasteiger partial charge in [0.2, 0.25) is 5.91 Å². The Bertz CT molecular complexity index is 987. The van der Waals surface area contributed by atoms with E-state index in [1.807, 2.05) is 0 Å². The monoisotopic (exact) mass is 400 g/mol. The first kappa shape index (κ1) is 19.1. The molecule has 1 spiro atoms. The molecule has 1 N–H and O–H groups in total. The van der Waals surface area contributed by atoms with Gasteiger partial charge in [-0.25, -0.2) is 4.79 Å². The zero-order valence-corrected chi connectivity index (χ0v) is 16.2. The Kier molecular flexibility index (Phi) is 3.88. The molecule has 2 fully saturated rings. The lowest BCUT2D eigenvalue weighted by Crippen LogP contribution is -2.61. The number of ether oxygens (including phenoxy) is 1. The Morgan fingerprint density at radius 1 is 1.14 bits per heavy atom. The highest BCUT2D eigenvalue weighted by Gasteiger charge is 2.63. The zero-order valence-electron chi connectivity index (χ0n) is 16.2. The van der Waals surface area contributed by atoms with Crippen molar-refractivity contribution in [2.75, 3.05) is 0 Å². The summed E-state index contributed by atoms with van der Waals surface area (Å²) in [6, 6.07) is 2.75. The van der Waals surface area contributed by atoms with Gasteiger partial charge in [0.15, 0.2) is 0 Å². The third-order valence-corrected chi connectivity index (χ3v) is 5.41. The van der Waals surface area contributed by atoms with Crippen LogP contribution in [0.4, 0.5) is 4.79 Å². The zero-order chi connectivity index (χ0) is 21.3. The van der Waals surface area contributed by atoms with Gasteiger partial charge in [0.1, 0.15) is 17.4 Å². The van der Waals surface area contributed by atoms with Gasteiger partial charge in [0.05, 0.1) is 16.5 Å². The first-order valence-electron chi connectivity index (χ1n) is 9.28. The van der Waals surface area contributed by atoms with Gasteiger partial charge < -0.3 is 9.84 Å². The number of hydrogen-bond donors (Lipinski definition) is 1. The van der Waals surface area contributed by atoms with Crippen molar-refractivity contribution in [3.63, 3.8) is 0 Å². The van der Waals surface area contributed by atoms with Gasteiger partial charge >= 0.3 is 6.09 Å². The molecule has 1 aromatic carbocycles. The van der Waals surface area contributed by atoms with E-state index in [1.54, 1.807) is 20.8 Å². The molecule has 0 radical (unpaired) electrons. The Hall–Kier alpha value is -3.23. The average molecular weight is 400 g/mol. The second kappa shape index (κ2) is 5.88. The van der Waals surface area contributed by atoms with Crippen molar-refractivity contribution in [1.29, 1.82) is 0 Å². The predicted molar refractivity (Wildman–Crippen MR) is 96.8 cm³/mol. The Balaban J connectivity index is 1.72. The average Bonchev–Trinajstić information content (AvgIpc) is 3.33. The highest BCUT2D eigenvalue weighted by Crippen LogP contribution is 2.54. The van der Waals surface area contributed by atoms with Gasteiger partial charge in [-0.2, -0.15) is 4.90 Å². The number of carbonyl (C=O) groups excluding carboxylic acids is 5. The van der Waals surface area contributed by atoms with Crippen LogP contribution in [0.15, 0.2) is 18.2 Å². The van der Waals surface area contributed by atoms with Crippen molar-refractivity contribution >= 4 is 29.7 Å². The lowest BCUT2D eigenvalue weighted by Gasteiger charge is -2.38. The SMILES string of the molecule is CC(C)(C)OC(=O)N1C(=O)C(N2C(=O)c3cccc(O)c3C2=O)CC2(CC2)C1=O. The fourth-order valence-corrected chi connectivity index (χ4v) is 3.85. The summed E-state index contributed by atoms with van der Waals surface area (Å²) >= 11 is 0. The summed E-state index contributed by atoms with van der Waals surface area (Å²) in [6.45, 7) is 4.79. The minimum atomic E-state index is -1.32. The maximum Gasteiger partial charge on any atom is 0.424 e. The molecule has 2 aliphatic heterocycles. The summed E-state index contributed by atoms with van der Waals surface area (Å²) in [5, 5.41) is 10.0. The third-order valence-electron chi connectivity index (χ3n) is 5.41. The first-order chi connectivity index (χ1) is 13.5. The maximum absolute atomic E-state index is 13.1. The molecule has 9 nitrogen and oxygen atoms in total. The van der Waals surface area contributed by atoms with Crippen LogP contribution in [-0.4, -0.2) is 56.3 Å². The van der Waals surface area contributed by atoms with E-state index in [4.69, 9.17) is 4.74 Å². The summed E-state index contributed by atoms with van der Waals surface area (Å²) < 4.78 is 5.20. The quantitative estimate of drug-likeness (QED) is 0.714. The molecular formula is C20H20N2O7. The van der Waals surface area contributed by atoms with Crippen molar-refractivity contribution in [2.45, 2.75) is 51.7 Å². The number of piperidine rings is 1. The Labute approximate surface area is 166 Å². The highest BCUT2D eigenvalue weighted by molar-refractivity contribution is 6.25. The molecule has 1 unspecified atom stereocenters. The number of hydrogen-bond acceptors (Lipinski definition) is 7. The topological polar surface area (TPSA) is 121 Å². The summed E-state index contributed by atoms with van der Waals surface area (Å²) in [6.07, 6.45) is -0.272. The van der Waals surface area contributed by atoms with Crippen LogP contribution in [0, 0.1) is 5.41 Å². The molecule has 9 heteroatoms. The van der Waals surface area contributed by atoms with Crippen LogP contribution in [-0.2, 0) is 14.3 Å². The second-order valence-corrected chi connectivity index (χ2v) is 8.64. The Morgan fingerprint density at radius 3 is 2.34 bits per heavy atom. The number of amides is 5. The molecule has 0 aromatic heterocycles. The van der Waals surface area contributed by atoms with Gasteiger partial charge in [0.25, 0.3) is 17.7 Å². The predicted octanol–water partition coefficient (Wildman–Crippen LogP) is 1.83. The van der Waals surface area contributed by atoms with Crippen molar-refractivity contribution in [1.82, 2.24) is 9.80 Å². The molecule has 2 heterocycles. The van der Waals surface area contributed by atoms with Crippen LogP contribution < -0.4 is 0 Å². The number of aromatic hydroxyl groups is 1. The normalized spacial score (nSPS) is 22.9. The van der Waals surface area contributed by atoms with Crippen molar-refractivity contribution in [2.24, 2.45) is 5.41 Å². The van der Waals surface area contributed by atoms with Crippen LogP contribution >= 0.6 is 0 Å². The number of phenolic OH excluding ortho intramolecular Hbond substituents is 1. The van der Waals surface area contributed by atoms with E-state index >= 15 is 0 Å². The van der Waals surface area contributed by atoms with Gasteiger partial charge in [-0.15, -0.1) is 0 Å². The van der Waals surface area contributed by atoms with Gasteiger partial charge in [0, 0.05) is 0 Å². The second-order valence-electron chi connectivity index (χ2n) is 8.64. The molecule has 1 atom stereocenters. The first-order valence-corrected chi connectivity index (χ1v) is 9.28. The molecule has 1 aromatic rings. The molecule has 5 amide bonds. The lowest BCUT2D eigenvalue weighted by atomic mass is 9.89. The fourth-order valence-electron chi connectivity index (χ4n) is 3.85. The molecule has 152 valence electrons. The van der Waals surface area contributed by atoms with Crippen LogP contribution in [0.3, 0.4) is 0 Å². The van der Waals surface area contributed by atoms with E-state index in [0.29, 0.717) is 17.7 Å². The molecule has 29 heavy (non-hydrogen) atoms. The Morgan fingerprint density at radius 2 is 1.79 bits per heavy atom. The van der Waals surface area contributed by atoms with E-state index < -0.39 is 46.8 Å². The smallest absolute Gasteiger partial charge is 0.424 e. The van der Waals surface area contributed by atoms with Crippen LogP contribution in [0.25, 0.3) is 0 Å². The molecule has 1 saturated carbocycles. The van der Waals surface area contributed by atoms with Gasteiger partial charge in [-0.3, -0.25) is 24.1 Å². The largest absolute Gasteiger partial charge is 0.507 e. The summed E-state index contributed by atoms with van der Waals surface area (Å²) in [7, 11) is 0. The molecule has 0 bridgehead atoms. The van der Waals surface area contributed by atoms with Gasteiger partial charge in [-0.05, 0) is 52.2 Å². The minimum Gasteiger partial charge on any atom is -0.507 e. The van der Waals surface area contributed by atoms with E-state index in [-0.39, 0.29) is 23.3 Å².